The standard InChI is InChI=1S/C14H22N2.ClH/c1-11-5-12(2)7-14(6-11)10-16-4-3-13(8-15)9-16;/h5-7,13H,3-4,8-10,15H2,1-2H3;1H. The Morgan fingerprint density at radius 3 is 2.41 bits per heavy atom. The highest BCUT2D eigenvalue weighted by molar-refractivity contribution is 5.85. The van der Waals surface area contributed by atoms with Crippen LogP contribution in [-0.4, -0.2) is 24.5 Å². The summed E-state index contributed by atoms with van der Waals surface area (Å²) < 4.78 is 0. The maximum absolute atomic E-state index is 5.71. The van der Waals surface area contributed by atoms with E-state index in [1.165, 1.54) is 36.2 Å². The van der Waals surface area contributed by atoms with E-state index in [-0.39, 0.29) is 12.4 Å². The lowest BCUT2D eigenvalue weighted by atomic mass is 10.1. The van der Waals surface area contributed by atoms with Crippen molar-refractivity contribution in [2.75, 3.05) is 19.6 Å². The van der Waals surface area contributed by atoms with Crippen LogP contribution in [0.4, 0.5) is 0 Å². The second-order valence-electron chi connectivity index (χ2n) is 5.12. The van der Waals surface area contributed by atoms with Gasteiger partial charge in [0.25, 0.3) is 0 Å². The van der Waals surface area contributed by atoms with Crippen LogP contribution in [0.3, 0.4) is 0 Å². The van der Waals surface area contributed by atoms with Gasteiger partial charge in [-0.05, 0) is 44.8 Å². The smallest absolute Gasteiger partial charge is 0.0234 e. The van der Waals surface area contributed by atoms with Crippen LogP contribution < -0.4 is 5.73 Å². The summed E-state index contributed by atoms with van der Waals surface area (Å²) in [5.74, 6) is 0.714. The molecule has 1 aromatic carbocycles. The van der Waals surface area contributed by atoms with Gasteiger partial charge >= 0.3 is 0 Å². The number of halogens is 1. The molecular weight excluding hydrogens is 232 g/mol. The van der Waals surface area contributed by atoms with E-state index in [1.807, 2.05) is 0 Å². The molecular formula is C14H23ClN2. The molecule has 1 saturated heterocycles. The molecule has 0 spiro atoms. The zero-order chi connectivity index (χ0) is 11.5. The third-order valence-corrected chi connectivity index (χ3v) is 3.39. The lowest BCUT2D eigenvalue weighted by Crippen LogP contribution is -2.22. The first-order valence-corrected chi connectivity index (χ1v) is 6.17. The quantitative estimate of drug-likeness (QED) is 0.898. The summed E-state index contributed by atoms with van der Waals surface area (Å²) in [6.45, 7) is 8.63. The maximum atomic E-state index is 5.71. The highest BCUT2D eigenvalue weighted by Gasteiger charge is 2.20. The van der Waals surface area contributed by atoms with Gasteiger partial charge in [0, 0.05) is 13.1 Å². The highest BCUT2D eigenvalue weighted by Crippen LogP contribution is 2.18. The summed E-state index contributed by atoms with van der Waals surface area (Å²) >= 11 is 0. The number of nitrogens with two attached hydrogens (primary N) is 1. The fourth-order valence-electron chi connectivity index (χ4n) is 2.67. The van der Waals surface area contributed by atoms with E-state index < -0.39 is 0 Å². The average molecular weight is 255 g/mol. The molecule has 17 heavy (non-hydrogen) atoms. The number of nitrogens with zero attached hydrogens (tertiary/aromatic N) is 1. The van der Waals surface area contributed by atoms with Gasteiger partial charge in [0.15, 0.2) is 0 Å². The lowest BCUT2D eigenvalue weighted by molar-refractivity contribution is 0.318. The number of likely N-dealkylation sites (tertiary alicyclic amines) is 1. The van der Waals surface area contributed by atoms with Crippen molar-refractivity contribution in [3.63, 3.8) is 0 Å². The van der Waals surface area contributed by atoms with Gasteiger partial charge in [-0.25, -0.2) is 0 Å². The monoisotopic (exact) mass is 254 g/mol. The Balaban J connectivity index is 0.00000144. The van der Waals surface area contributed by atoms with E-state index >= 15 is 0 Å². The molecule has 2 nitrogen and oxygen atoms in total. The van der Waals surface area contributed by atoms with E-state index in [1.54, 1.807) is 0 Å². The number of rotatable bonds is 3. The SMILES string of the molecule is Cc1cc(C)cc(CN2CCC(CN)C2)c1.Cl. The summed E-state index contributed by atoms with van der Waals surface area (Å²) in [7, 11) is 0. The summed E-state index contributed by atoms with van der Waals surface area (Å²) in [5.41, 5.74) is 9.88. The van der Waals surface area contributed by atoms with Crippen LogP contribution in [0.5, 0.6) is 0 Å². The molecule has 1 fully saturated rings. The first-order valence-electron chi connectivity index (χ1n) is 6.17. The van der Waals surface area contributed by atoms with Crippen molar-refractivity contribution in [3.05, 3.63) is 34.9 Å². The molecule has 1 aromatic rings. The fourth-order valence-corrected chi connectivity index (χ4v) is 2.67. The minimum atomic E-state index is 0. The summed E-state index contributed by atoms with van der Waals surface area (Å²) in [6, 6.07) is 6.82. The van der Waals surface area contributed by atoms with Crippen molar-refractivity contribution < 1.29 is 0 Å². The Morgan fingerprint density at radius 1 is 1.24 bits per heavy atom. The summed E-state index contributed by atoms with van der Waals surface area (Å²) in [5, 5.41) is 0. The largest absolute Gasteiger partial charge is 0.330 e. The molecule has 0 aromatic heterocycles. The second-order valence-corrected chi connectivity index (χ2v) is 5.12. The van der Waals surface area contributed by atoms with Gasteiger partial charge in [-0.2, -0.15) is 0 Å². The molecule has 0 radical (unpaired) electrons. The molecule has 1 aliphatic rings. The van der Waals surface area contributed by atoms with E-state index in [9.17, 15) is 0 Å². The van der Waals surface area contributed by atoms with Gasteiger partial charge in [-0.3, -0.25) is 4.90 Å². The Morgan fingerprint density at radius 2 is 1.88 bits per heavy atom. The molecule has 1 atom stereocenters. The summed E-state index contributed by atoms with van der Waals surface area (Å²) in [4.78, 5) is 2.52. The van der Waals surface area contributed by atoms with Crippen LogP contribution in [-0.2, 0) is 6.54 Å². The van der Waals surface area contributed by atoms with Gasteiger partial charge in [0.1, 0.15) is 0 Å². The van der Waals surface area contributed by atoms with Crippen LogP contribution in [0.15, 0.2) is 18.2 Å². The van der Waals surface area contributed by atoms with Crippen molar-refractivity contribution in [2.24, 2.45) is 11.7 Å². The van der Waals surface area contributed by atoms with E-state index in [2.05, 4.69) is 36.9 Å². The molecule has 2 rings (SSSR count). The van der Waals surface area contributed by atoms with Crippen LogP contribution in [0, 0.1) is 19.8 Å². The predicted octanol–water partition coefficient (Wildman–Crippen LogP) is 2.51. The molecule has 1 unspecified atom stereocenters. The Labute approximate surface area is 111 Å². The molecule has 0 saturated carbocycles. The van der Waals surface area contributed by atoms with E-state index in [0.29, 0.717) is 5.92 Å². The van der Waals surface area contributed by atoms with E-state index in [4.69, 9.17) is 5.73 Å². The Hall–Kier alpha value is -0.570. The van der Waals surface area contributed by atoms with Crippen molar-refractivity contribution in [1.29, 1.82) is 0 Å². The maximum Gasteiger partial charge on any atom is 0.0234 e. The molecule has 1 aliphatic heterocycles. The minimum Gasteiger partial charge on any atom is -0.330 e. The zero-order valence-corrected chi connectivity index (χ0v) is 11.6. The minimum absolute atomic E-state index is 0. The van der Waals surface area contributed by atoms with Crippen molar-refractivity contribution in [3.8, 4) is 0 Å². The first kappa shape index (κ1) is 14.5. The van der Waals surface area contributed by atoms with Crippen molar-refractivity contribution in [1.82, 2.24) is 4.90 Å². The van der Waals surface area contributed by atoms with Gasteiger partial charge in [0.05, 0.1) is 0 Å². The number of benzene rings is 1. The molecule has 96 valence electrons. The molecule has 2 N–H and O–H groups in total. The Bertz CT molecular complexity index is 345. The van der Waals surface area contributed by atoms with Crippen molar-refractivity contribution >= 4 is 12.4 Å². The normalized spacial score (nSPS) is 20.3. The molecule has 0 amide bonds. The van der Waals surface area contributed by atoms with Gasteiger partial charge in [0.2, 0.25) is 0 Å². The van der Waals surface area contributed by atoms with Crippen LogP contribution in [0.1, 0.15) is 23.1 Å². The van der Waals surface area contributed by atoms with Gasteiger partial charge < -0.3 is 5.73 Å². The fraction of sp³-hybridized carbons (Fsp3) is 0.571. The number of hydrogen-bond donors (Lipinski definition) is 1. The number of hydrogen-bond acceptors (Lipinski definition) is 2. The Kier molecular flexibility index (Phi) is 5.44. The first-order chi connectivity index (χ1) is 7.67. The van der Waals surface area contributed by atoms with Crippen LogP contribution in [0.2, 0.25) is 0 Å². The average Bonchev–Trinajstić information content (AvgIpc) is 2.64. The number of aryl methyl sites for hydroxylation is 2. The molecule has 1 heterocycles. The third kappa shape index (κ3) is 3.98. The lowest BCUT2D eigenvalue weighted by Gasteiger charge is -2.16. The highest BCUT2D eigenvalue weighted by atomic mass is 35.5. The van der Waals surface area contributed by atoms with Gasteiger partial charge in [-0.15, -0.1) is 12.4 Å². The third-order valence-electron chi connectivity index (χ3n) is 3.39. The molecule has 3 heteroatoms. The van der Waals surface area contributed by atoms with Crippen LogP contribution >= 0.6 is 12.4 Å². The van der Waals surface area contributed by atoms with Crippen LogP contribution in [0.25, 0.3) is 0 Å². The zero-order valence-electron chi connectivity index (χ0n) is 10.8. The molecule has 0 bridgehead atoms. The summed E-state index contributed by atoms with van der Waals surface area (Å²) in [6.07, 6.45) is 1.27. The topological polar surface area (TPSA) is 29.3 Å². The van der Waals surface area contributed by atoms with Crippen molar-refractivity contribution in [2.45, 2.75) is 26.8 Å². The molecule has 0 aliphatic carbocycles. The van der Waals surface area contributed by atoms with Gasteiger partial charge in [-0.1, -0.05) is 29.3 Å². The van der Waals surface area contributed by atoms with E-state index in [0.717, 1.165) is 13.1 Å². The predicted molar refractivity (Wildman–Crippen MR) is 75.6 cm³/mol. The second kappa shape index (κ2) is 6.39.